The lowest BCUT2D eigenvalue weighted by Gasteiger charge is -2.16. The summed E-state index contributed by atoms with van der Waals surface area (Å²) in [4.78, 5) is 11.7. The highest BCUT2D eigenvalue weighted by Crippen LogP contribution is 2.38. The van der Waals surface area contributed by atoms with Crippen LogP contribution < -0.4 is 11.0 Å². The van der Waals surface area contributed by atoms with Gasteiger partial charge in [0.15, 0.2) is 5.16 Å². The highest BCUT2D eigenvalue weighted by molar-refractivity contribution is 7.99. The van der Waals surface area contributed by atoms with E-state index in [0.29, 0.717) is 12.1 Å². The lowest BCUT2D eigenvalue weighted by Crippen LogP contribution is -2.33. The number of hydrogen-bond acceptors (Lipinski definition) is 4. The molecule has 5 nitrogen and oxygen atoms in total. The Labute approximate surface area is 111 Å². The first kappa shape index (κ1) is 12.3. The van der Waals surface area contributed by atoms with E-state index in [9.17, 15) is 4.79 Å². The van der Waals surface area contributed by atoms with Crippen LogP contribution in [0.15, 0.2) is 9.95 Å². The standard InChI is InChI=1S/C12H20N4OS/c1-2-13-10(8-3-4-8)7-18-12-15-14-11(17)16(12)9-5-6-9/h8-10,13H,2-7H2,1H3,(H,14,17). The van der Waals surface area contributed by atoms with Gasteiger partial charge in [-0.15, -0.1) is 5.10 Å². The van der Waals surface area contributed by atoms with Crippen molar-refractivity contribution in [3.05, 3.63) is 10.5 Å². The molecule has 0 aromatic carbocycles. The topological polar surface area (TPSA) is 62.7 Å². The second-order valence-corrected chi connectivity index (χ2v) is 6.21. The minimum absolute atomic E-state index is 0.0496. The minimum atomic E-state index is -0.0496. The highest BCUT2D eigenvalue weighted by atomic mass is 32.2. The van der Waals surface area contributed by atoms with Crippen molar-refractivity contribution in [2.45, 2.75) is 49.8 Å². The largest absolute Gasteiger partial charge is 0.344 e. The van der Waals surface area contributed by atoms with Crippen LogP contribution in [0.3, 0.4) is 0 Å². The summed E-state index contributed by atoms with van der Waals surface area (Å²) < 4.78 is 1.83. The van der Waals surface area contributed by atoms with Crippen molar-refractivity contribution in [3.63, 3.8) is 0 Å². The molecule has 2 aliphatic rings. The van der Waals surface area contributed by atoms with Crippen LogP contribution in [0, 0.1) is 5.92 Å². The van der Waals surface area contributed by atoms with Crippen molar-refractivity contribution in [1.82, 2.24) is 20.1 Å². The molecule has 0 aliphatic heterocycles. The number of hydrogen-bond donors (Lipinski definition) is 2. The van der Waals surface area contributed by atoms with Gasteiger partial charge in [0.2, 0.25) is 0 Å². The molecule has 2 N–H and O–H groups in total. The van der Waals surface area contributed by atoms with Gasteiger partial charge < -0.3 is 5.32 Å². The van der Waals surface area contributed by atoms with E-state index >= 15 is 0 Å². The van der Waals surface area contributed by atoms with E-state index in [1.54, 1.807) is 11.8 Å². The SMILES string of the molecule is CCNC(CSc1n[nH]c(=O)n1C1CC1)C1CC1. The fraction of sp³-hybridized carbons (Fsp3) is 0.833. The normalized spacial score (nSPS) is 21.2. The number of nitrogens with zero attached hydrogens (tertiary/aromatic N) is 2. The zero-order chi connectivity index (χ0) is 12.5. The van der Waals surface area contributed by atoms with Gasteiger partial charge in [-0.3, -0.25) is 4.57 Å². The number of thioether (sulfide) groups is 1. The number of aromatic nitrogens is 3. The molecule has 1 heterocycles. The van der Waals surface area contributed by atoms with Crippen molar-refractivity contribution in [2.24, 2.45) is 5.92 Å². The predicted octanol–water partition coefficient (Wildman–Crippen LogP) is 1.39. The summed E-state index contributed by atoms with van der Waals surface area (Å²) in [5.41, 5.74) is -0.0496. The second kappa shape index (κ2) is 5.09. The lowest BCUT2D eigenvalue weighted by molar-refractivity contribution is 0.518. The zero-order valence-electron chi connectivity index (χ0n) is 10.7. The van der Waals surface area contributed by atoms with E-state index in [1.807, 2.05) is 4.57 Å². The van der Waals surface area contributed by atoms with E-state index in [1.165, 1.54) is 12.8 Å². The summed E-state index contributed by atoms with van der Waals surface area (Å²) in [7, 11) is 0. The third-order valence-electron chi connectivity index (χ3n) is 3.63. The molecule has 0 spiro atoms. The average molecular weight is 268 g/mol. The van der Waals surface area contributed by atoms with Crippen LogP contribution in [-0.2, 0) is 0 Å². The molecule has 3 rings (SSSR count). The van der Waals surface area contributed by atoms with E-state index in [-0.39, 0.29) is 5.69 Å². The number of H-pyrrole nitrogens is 1. The monoisotopic (exact) mass is 268 g/mol. The maximum Gasteiger partial charge on any atom is 0.344 e. The van der Waals surface area contributed by atoms with Crippen molar-refractivity contribution in [3.8, 4) is 0 Å². The van der Waals surface area contributed by atoms with Gasteiger partial charge in [-0.25, -0.2) is 9.89 Å². The van der Waals surface area contributed by atoms with Crippen LogP contribution in [0.2, 0.25) is 0 Å². The first-order chi connectivity index (χ1) is 8.79. The molecule has 0 bridgehead atoms. The van der Waals surface area contributed by atoms with E-state index < -0.39 is 0 Å². The number of nitrogens with one attached hydrogen (secondary N) is 2. The summed E-state index contributed by atoms with van der Waals surface area (Å²) in [6.45, 7) is 3.16. The molecule has 100 valence electrons. The summed E-state index contributed by atoms with van der Waals surface area (Å²) in [5.74, 6) is 1.84. The molecule has 0 radical (unpaired) electrons. The lowest BCUT2D eigenvalue weighted by atomic mass is 10.2. The smallest absolute Gasteiger partial charge is 0.313 e. The van der Waals surface area contributed by atoms with Crippen molar-refractivity contribution < 1.29 is 0 Å². The maximum absolute atomic E-state index is 11.7. The van der Waals surface area contributed by atoms with Crippen LogP contribution in [0.4, 0.5) is 0 Å². The molecule has 1 atom stereocenters. The van der Waals surface area contributed by atoms with Gasteiger partial charge in [0.25, 0.3) is 0 Å². The Morgan fingerprint density at radius 3 is 2.89 bits per heavy atom. The first-order valence-corrected chi connectivity index (χ1v) is 7.81. The molecule has 1 aromatic heterocycles. The van der Waals surface area contributed by atoms with E-state index in [0.717, 1.165) is 36.2 Å². The summed E-state index contributed by atoms with van der Waals surface area (Å²) in [6, 6.07) is 0.969. The molecule has 1 unspecified atom stereocenters. The van der Waals surface area contributed by atoms with Gasteiger partial charge in [-0.2, -0.15) is 0 Å². The molecule has 2 aliphatic carbocycles. The minimum Gasteiger partial charge on any atom is -0.313 e. The predicted molar refractivity (Wildman–Crippen MR) is 72.0 cm³/mol. The van der Waals surface area contributed by atoms with Crippen LogP contribution >= 0.6 is 11.8 Å². The van der Waals surface area contributed by atoms with Gasteiger partial charge >= 0.3 is 5.69 Å². The Morgan fingerprint density at radius 2 is 2.28 bits per heavy atom. The van der Waals surface area contributed by atoms with Gasteiger partial charge in [-0.05, 0) is 38.1 Å². The van der Waals surface area contributed by atoms with E-state index in [2.05, 4.69) is 22.4 Å². The summed E-state index contributed by atoms with van der Waals surface area (Å²) in [5, 5.41) is 11.1. The molecule has 0 amide bonds. The molecular weight excluding hydrogens is 248 g/mol. The Bertz CT molecular complexity index is 461. The zero-order valence-corrected chi connectivity index (χ0v) is 11.5. The molecule has 1 aromatic rings. The van der Waals surface area contributed by atoms with E-state index in [4.69, 9.17) is 0 Å². The Balaban J connectivity index is 1.63. The number of rotatable bonds is 7. The maximum atomic E-state index is 11.7. The molecule has 0 saturated heterocycles. The fourth-order valence-corrected chi connectivity index (χ4v) is 3.53. The Kier molecular flexibility index (Phi) is 3.48. The average Bonchev–Trinajstić information content (AvgIpc) is 3.24. The van der Waals surface area contributed by atoms with Crippen LogP contribution in [0.5, 0.6) is 0 Å². The second-order valence-electron chi connectivity index (χ2n) is 5.23. The van der Waals surface area contributed by atoms with Crippen LogP contribution in [-0.4, -0.2) is 33.1 Å². The molecular formula is C12H20N4OS. The van der Waals surface area contributed by atoms with Crippen LogP contribution in [0.25, 0.3) is 0 Å². The van der Waals surface area contributed by atoms with Crippen molar-refractivity contribution >= 4 is 11.8 Å². The Hall–Kier alpha value is -0.750. The highest BCUT2D eigenvalue weighted by Gasteiger charge is 2.32. The third kappa shape index (κ3) is 2.64. The van der Waals surface area contributed by atoms with Crippen molar-refractivity contribution in [1.29, 1.82) is 0 Å². The molecule has 6 heteroatoms. The summed E-state index contributed by atoms with van der Waals surface area (Å²) >= 11 is 1.71. The van der Waals surface area contributed by atoms with Gasteiger partial charge in [0.05, 0.1) is 0 Å². The van der Waals surface area contributed by atoms with Crippen molar-refractivity contribution in [2.75, 3.05) is 12.3 Å². The first-order valence-electron chi connectivity index (χ1n) is 6.82. The molecule has 2 fully saturated rings. The van der Waals surface area contributed by atoms with Gasteiger partial charge in [0, 0.05) is 17.8 Å². The van der Waals surface area contributed by atoms with Crippen LogP contribution in [0.1, 0.15) is 38.6 Å². The molecule has 2 saturated carbocycles. The van der Waals surface area contributed by atoms with Gasteiger partial charge in [-0.1, -0.05) is 18.7 Å². The fourth-order valence-electron chi connectivity index (χ4n) is 2.33. The van der Waals surface area contributed by atoms with Gasteiger partial charge in [0.1, 0.15) is 0 Å². The quantitative estimate of drug-likeness (QED) is 0.734. The number of aromatic amines is 1. The Morgan fingerprint density at radius 1 is 1.50 bits per heavy atom. The molecule has 18 heavy (non-hydrogen) atoms. The third-order valence-corrected chi connectivity index (χ3v) is 4.71. The summed E-state index contributed by atoms with van der Waals surface area (Å²) in [6.07, 6.45) is 4.92.